The van der Waals surface area contributed by atoms with E-state index in [-0.39, 0.29) is 12.8 Å². The molecule has 0 heterocycles. The zero-order valence-electron chi connectivity index (χ0n) is 8.48. The molecule has 0 aliphatic carbocycles. The average Bonchev–Trinajstić information content (AvgIpc) is 2.20. The van der Waals surface area contributed by atoms with Crippen LogP contribution in [0.3, 0.4) is 0 Å². The summed E-state index contributed by atoms with van der Waals surface area (Å²) in [7, 11) is 0. The number of rotatable bonds is 4. The van der Waals surface area contributed by atoms with Crippen molar-refractivity contribution in [2.75, 3.05) is 0 Å². The Labute approximate surface area is 92.4 Å². The number of allylic oxidation sites excluding steroid dienone is 1. The molecule has 0 unspecified atom stereocenters. The number of carboxylic acid groups (broad SMARTS) is 1. The highest BCUT2D eigenvalue weighted by Gasteiger charge is 2.04. The SMILES string of the molecule is N#CCC=Cc1ccc(CC(=O)O)cc1F. The van der Waals surface area contributed by atoms with Gasteiger partial charge in [0.1, 0.15) is 5.82 Å². The van der Waals surface area contributed by atoms with Crippen molar-refractivity contribution in [2.24, 2.45) is 0 Å². The molecule has 1 N–H and O–H groups in total. The second kappa shape index (κ2) is 5.66. The van der Waals surface area contributed by atoms with E-state index in [4.69, 9.17) is 10.4 Å². The van der Waals surface area contributed by atoms with Crippen LogP contribution < -0.4 is 0 Å². The number of nitrogens with zero attached hydrogens (tertiary/aromatic N) is 1. The molecule has 0 radical (unpaired) electrons. The molecular weight excluding hydrogens is 209 g/mol. The molecule has 0 saturated carbocycles. The molecule has 0 bridgehead atoms. The van der Waals surface area contributed by atoms with Gasteiger partial charge in [-0.05, 0) is 11.6 Å². The molecule has 0 spiro atoms. The van der Waals surface area contributed by atoms with Crippen LogP contribution in [-0.4, -0.2) is 11.1 Å². The smallest absolute Gasteiger partial charge is 0.307 e. The van der Waals surface area contributed by atoms with Gasteiger partial charge in [0.25, 0.3) is 0 Å². The summed E-state index contributed by atoms with van der Waals surface area (Å²) in [6.45, 7) is 0. The van der Waals surface area contributed by atoms with Gasteiger partial charge in [0, 0.05) is 5.56 Å². The monoisotopic (exact) mass is 219 g/mol. The molecule has 0 aromatic heterocycles. The molecule has 0 atom stereocenters. The van der Waals surface area contributed by atoms with Crippen molar-refractivity contribution in [1.82, 2.24) is 0 Å². The number of hydrogen-bond donors (Lipinski definition) is 1. The Morgan fingerprint density at radius 1 is 1.56 bits per heavy atom. The van der Waals surface area contributed by atoms with Gasteiger partial charge in [-0.1, -0.05) is 24.3 Å². The van der Waals surface area contributed by atoms with Gasteiger partial charge in [-0.3, -0.25) is 4.79 Å². The Kier molecular flexibility index (Phi) is 4.22. The van der Waals surface area contributed by atoms with Gasteiger partial charge in [0.2, 0.25) is 0 Å². The van der Waals surface area contributed by atoms with Gasteiger partial charge < -0.3 is 5.11 Å². The maximum absolute atomic E-state index is 13.4. The third-order valence-electron chi connectivity index (χ3n) is 1.93. The van der Waals surface area contributed by atoms with Crippen molar-refractivity contribution in [3.05, 3.63) is 41.2 Å². The summed E-state index contributed by atoms with van der Waals surface area (Å²) in [5, 5.41) is 16.8. The van der Waals surface area contributed by atoms with Crippen LogP contribution in [0.5, 0.6) is 0 Å². The lowest BCUT2D eigenvalue weighted by atomic mass is 10.1. The first-order chi connectivity index (χ1) is 7.63. The zero-order chi connectivity index (χ0) is 12.0. The predicted octanol–water partition coefficient (Wildman–Crippen LogP) is 2.38. The second-order valence-electron chi connectivity index (χ2n) is 3.19. The molecule has 82 valence electrons. The Balaban J connectivity index is 2.83. The van der Waals surface area contributed by atoms with E-state index in [0.717, 1.165) is 0 Å². The minimum atomic E-state index is -0.993. The number of halogens is 1. The minimum absolute atomic E-state index is 0.195. The van der Waals surface area contributed by atoms with Crippen LogP contribution in [0.4, 0.5) is 4.39 Å². The summed E-state index contributed by atoms with van der Waals surface area (Å²) >= 11 is 0. The predicted molar refractivity (Wildman–Crippen MR) is 57.0 cm³/mol. The summed E-state index contributed by atoms with van der Waals surface area (Å²) in [4.78, 5) is 10.4. The van der Waals surface area contributed by atoms with Crippen LogP contribution in [0.2, 0.25) is 0 Å². The van der Waals surface area contributed by atoms with Crippen LogP contribution in [-0.2, 0) is 11.2 Å². The maximum Gasteiger partial charge on any atom is 0.307 e. The standard InChI is InChI=1S/C12H10FNO2/c13-11-7-9(8-12(15)16)4-5-10(11)3-1-2-6-14/h1,3-5,7H,2,8H2,(H,15,16). The maximum atomic E-state index is 13.4. The van der Waals surface area contributed by atoms with Gasteiger partial charge in [0.05, 0.1) is 18.9 Å². The number of hydrogen-bond acceptors (Lipinski definition) is 2. The van der Waals surface area contributed by atoms with E-state index in [1.807, 2.05) is 6.07 Å². The van der Waals surface area contributed by atoms with Crippen molar-refractivity contribution >= 4 is 12.0 Å². The van der Waals surface area contributed by atoms with Crippen molar-refractivity contribution in [3.63, 3.8) is 0 Å². The third-order valence-corrected chi connectivity index (χ3v) is 1.93. The van der Waals surface area contributed by atoms with Crippen LogP contribution in [0, 0.1) is 17.1 Å². The molecule has 1 aromatic rings. The Morgan fingerprint density at radius 2 is 2.31 bits per heavy atom. The first-order valence-electron chi connectivity index (χ1n) is 4.67. The van der Waals surface area contributed by atoms with Crippen molar-refractivity contribution in [1.29, 1.82) is 5.26 Å². The largest absolute Gasteiger partial charge is 0.481 e. The number of nitriles is 1. The van der Waals surface area contributed by atoms with Gasteiger partial charge in [-0.25, -0.2) is 4.39 Å². The highest BCUT2D eigenvalue weighted by molar-refractivity contribution is 5.70. The number of carbonyl (C=O) groups is 1. The Bertz CT molecular complexity index is 461. The summed E-state index contributed by atoms with van der Waals surface area (Å²) in [6, 6.07) is 6.16. The first-order valence-corrected chi connectivity index (χ1v) is 4.67. The topological polar surface area (TPSA) is 61.1 Å². The van der Waals surface area contributed by atoms with Crippen LogP contribution in [0.1, 0.15) is 17.5 Å². The van der Waals surface area contributed by atoms with Crippen LogP contribution >= 0.6 is 0 Å². The third kappa shape index (κ3) is 3.54. The van der Waals surface area contributed by atoms with E-state index < -0.39 is 11.8 Å². The average molecular weight is 219 g/mol. The van der Waals surface area contributed by atoms with E-state index >= 15 is 0 Å². The molecule has 0 amide bonds. The summed E-state index contributed by atoms with van der Waals surface area (Å²) in [5.74, 6) is -1.47. The molecular formula is C12H10FNO2. The lowest BCUT2D eigenvalue weighted by molar-refractivity contribution is -0.136. The lowest BCUT2D eigenvalue weighted by Crippen LogP contribution is -2.00. The molecule has 1 rings (SSSR count). The molecule has 1 aromatic carbocycles. The fraction of sp³-hybridized carbons (Fsp3) is 0.167. The molecule has 3 nitrogen and oxygen atoms in total. The summed E-state index contributed by atoms with van der Waals surface area (Å²) in [5.41, 5.74) is 0.770. The van der Waals surface area contributed by atoms with Crippen molar-refractivity contribution < 1.29 is 14.3 Å². The fourth-order valence-electron chi connectivity index (χ4n) is 1.23. The van der Waals surface area contributed by atoms with E-state index in [1.165, 1.54) is 18.2 Å². The van der Waals surface area contributed by atoms with E-state index in [1.54, 1.807) is 12.1 Å². The van der Waals surface area contributed by atoms with Gasteiger partial charge in [0.15, 0.2) is 0 Å². The molecule has 4 heteroatoms. The van der Waals surface area contributed by atoms with Crippen molar-refractivity contribution in [3.8, 4) is 6.07 Å². The fourth-order valence-corrected chi connectivity index (χ4v) is 1.23. The van der Waals surface area contributed by atoms with Crippen molar-refractivity contribution in [2.45, 2.75) is 12.8 Å². The Hall–Kier alpha value is -2.15. The number of aliphatic carboxylic acids is 1. The quantitative estimate of drug-likeness (QED) is 0.845. The number of carboxylic acids is 1. The van der Waals surface area contributed by atoms with E-state index in [9.17, 15) is 9.18 Å². The summed E-state index contributed by atoms with van der Waals surface area (Å²) in [6.07, 6.45) is 3.08. The van der Waals surface area contributed by atoms with E-state index in [2.05, 4.69) is 0 Å². The lowest BCUT2D eigenvalue weighted by Gasteiger charge is -2.00. The molecule has 0 saturated heterocycles. The Morgan fingerprint density at radius 3 is 2.88 bits per heavy atom. The van der Waals surface area contributed by atoms with Gasteiger partial charge in [-0.15, -0.1) is 0 Å². The van der Waals surface area contributed by atoms with Gasteiger partial charge >= 0.3 is 5.97 Å². The van der Waals surface area contributed by atoms with E-state index in [0.29, 0.717) is 11.1 Å². The second-order valence-corrected chi connectivity index (χ2v) is 3.19. The normalized spacial score (nSPS) is 10.2. The minimum Gasteiger partial charge on any atom is -0.481 e. The van der Waals surface area contributed by atoms with Crippen LogP contribution in [0.25, 0.3) is 6.08 Å². The molecule has 0 aliphatic rings. The summed E-state index contributed by atoms with van der Waals surface area (Å²) < 4.78 is 13.4. The van der Waals surface area contributed by atoms with Gasteiger partial charge in [-0.2, -0.15) is 5.26 Å². The van der Waals surface area contributed by atoms with Crippen LogP contribution in [0.15, 0.2) is 24.3 Å². The zero-order valence-corrected chi connectivity index (χ0v) is 8.48. The highest BCUT2D eigenvalue weighted by atomic mass is 19.1. The highest BCUT2D eigenvalue weighted by Crippen LogP contribution is 2.13. The molecule has 0 fully saturated rings. The molecule has 16 heavy (non-hydrogen) atoms. The molecule has 0 aliphatic heterocycles. The number of benzene rings is 1. The first kappa shape index (κ1) is 11.9.